The first kappa shape index (κ1) is 41.0. The molecule has 0 bridgehead atoms. The summed E-state index contributed by atoms with van der Waals surface area (Å²) < 4.78 is 9.12. The third-order valence-electron chi connectivity index (χ3n) is 13.6. The van der Waals surface area contributed by atoms with Gasteiger partial charge in [-0.05, 0) is 99.8 Å². The van der Waals surface area contributed by atoms with Crippen molar-refractivity contribution in [1.82, 2.24) is 19.5 Å². The Morgan fingerprint density at radius 2 is 0.857 bits per heavy atom. The highest BCUT2D eigenvalue weighted by atomic mass is 16.3. The van der Waals surface area contributed by atoms with Gasteiger partial charge < -0.3 is 8.98 Å². The Morgan fingerprint density at radius 3 is 1.50 bits per heavy atom. The van der Waals surface area contributed by atoms with E-state index in [1.165, 1.54) is 21.9 Å². The Morgan fingerprint density at radius 1 is 0.329 bits per heavy atom. The molecule has 3 heterocycles. The second kappa shape index (κ2) is 17.5. The highest BCUT2D eigenvalue weighted by Crippen LogP contribution is 2.44. The number of hydrogen-bond donors (Lipinski definition) is 0. The number of benzene rings is 10. The maximum absolute atomic E-state index is 6.74. The first-order valence-electron chi connectivity index (χ1n) is 23.9. The molecule has 5 heteroatoms. The Labute approximate surface area is 405 Å². The van der Waals surface area contributed by atoms with Crippen molar-refractivity contribution in [2.45, 2.75) is 12.8 Å². The zero-order chi connectivity index (χ0) is 46.4. The minimum atomic E-state index is 0.629. The van der Waals surface area contributed by atoms with Gasteiger partial charge in [-0.2, -0.15) is 0 Å². The maximum Gasteiger partial charge on any atom is 0.164 e. The summed E-state index contributed by atoms with van der Waals surface area (Å²) in [6, 6.07) is 85.6. The lowest BCUT2D eigenvalue weighted by Crippen LogP contribution is -2.03. The minimum Gasteiger partial charge on any atom is -0.456 e. The number of aromatic nitrogens is 4. The van der Waals surface area contributed by atoms with E-state index in [1.54, 1.807) is 0 Å². The topological polar surface area (TPSA) is 56.7 Å². The summed E-state index contributed by atoms with van der Waals surface area (Å²) in [6.07, 6.45) is 1.48. The lowest BCUT2D eigenvalue weighted by atomic mass is 9.86. The standard InChI is InChI=1S/C65H44N4O/c1-6-20-43(21-7-1)51-32-19-33-52(44-22-8-2-9-23-44)59(51)49-39-37-45(54(42-49)65-67-63(47-24-10-3-11-25-47)66-64(68-65)48-26-12-4-13-27-48)36-38-46-28-18-35-57-60(46)62-58(70-57)41-40-56-61(62)53-31-16-17-34-55(53)69(56)50-29-14-5-15-30-50/h1-35,37,39-42H,36,38H2. The number of hydrogen-bond acceptors (Lipinski definition) is 4. The quantitative estimate of drug-likeness (QED) is 0.137. The second-order valence-corrected chi connectivity index (χ2v) is 17.8. The molecule has 0 amide bonds. The number of aryl methyl sites for hydroxylation is 2. The van der Waals surface area contributed by atoms with E-state index in [-0.39, 0.29) is 0 Å². The summed E-state index contributed by atoms with van der Waals surface area (Å²) in [5, 5.41) is 4.70. The van der Waals surface area contributed by atoms with Crippen molar-refractivity contribution in [2.75, 3.05) is 0 Å². The average molecular weight is 897 g/mol. The van der Waals surface area contributed by atoms with Crippen LogP contribution in [0.2, 0.25) is 0 Å². The van der Waals surface area contributed by atoms with E-state index in [1.807, 2.05) is 36.4 Å². The molecule has 13 aromatic rings. The first-order chi connectivity index (χ1) is 34.7. The van der Waals surface area contributed by atoms with Crippen LogP contribution in [0.5, 0.6) is 0 Å². The third-order valence-corrected chi connectivity index (χ3v) is 13.6. The van der Waals surface area contributed by atoms with Crippen LogP contribution in [0.1, 0.15) is 11.1 Å². The molecule has 0 spiro atoms. The number of fused-ring (bicyclic) bond motifs is 7. The van der Waals surface area contributed by atoms with Gasteiger partial charge in [-0.25, -0.2) is 15.0 Å². The van der Waals surface area contributed by atoms with Crippen molar-refractivity contribution in [2.24, 2.45) is 0 Å². The smallest absolute Gasteiger partial charge is 0.164 e. The van der Waals surface area contributed by atoms with Crippen molar-refractivity contribution in [3.05, 3.63) is 254 Å². The molecule has 0 aliphatic heterocycles. The van der Waals surface area contributed by atoms with Crippen LogP contribution in [-0.2, 0) is 12.8 Å². The summed E-state index contributed by atoms with van der Waals surface area (Å²) in [7, 11) is 0. The van der Waals surface area contributed by atoms with Gasteiger partial charge in [0.15, 0.2) is 17.5 Å². The highest BCUT2D eigenvalue weighted by Gasteiger charge is 2.23. The van der Waals surface area contributed by atoms with Crippen molar-refractivity contribution in [3.63, 3.8) is 0 Å². The molecule has 0 aliphatic rings. The fourth-order valence-electron chi connectivity index (χ4n) is 10.4. The van der Waals surface area contributed by atoms with E-state index < -0.39 is 0 Å². The van der Waals surface area contributed by atoms with Gasteiger partial charge in [-0.1, -0.05) is 200 Å². The van der Waals surface area contributed by atoms with Crippen LogP contribution in [-0.4, -0.2) is 19.5 Å². The summed E-state index contributed by atoms with van der Waals surface area (Å²) in [5.74, 6) is 1.89. The fourth-order valence-corrected chi connectivity index (χ4v) is 10.4. The van der Waals surface area contributed by atoms with Crippen LogP contribution in [0.15, 0.2) is 247 Å². The van der Waals surface area contributed by atoms with Crippen LogP contribution < -0.4 is 0 Å². The van der Waals surface area contributed by atoms with Crippen molar-refractivity contribution < 1.29 is 4.42 Å². The molecule has 0 radical (unpaired) electrons. The number of furan rings is 1. The van der Waals surface area contributed by atoms with Gasteiger partial charge in [0.25, 0.3) is 0 Å². The van der Waals surface area contributed by atoms with Gasteiger partial charge in [-0.3, -0.25) is 0 Å². The molecule has 0 N–H and O–H groups in total. The maximum atomic E-state index is 6.74. The first-order valence-corrected chi connectivity index (χ1v) is 23.9. The molecule has 13 rings (SSSR count). The van der Waals surface area contributed by atoms with Gasteiger partial charge in [0.05, 0.1) is 11.0 Å². The fraction of sp³-hybridized carbons (Fsp3) is 0.0308. The zero-order valence-corrected chi connectivity index (χ0v) is 38.2. The highest BCUT2D eigenvalue weighted by molar-refractivity contribution is 6.28. The molecule has 10 aromatic carbocycles. The molecule has 0 saturated carbocycles. The van der Waals surface area contributed by atoms with E-state index in [4.69, 9.17) is 19.4 Å². The van der Waals surface area contributed by atoms with E-state index in [0.717, 1.165) is 102 Å². The van der Waals surface area contributed by atoms with Gasteiger partial charge in [0, 0.05) is 43.9 Å². The Bertz CT molecular complexity index is 3920. The average Bonchev–Trinajstić information content (AvgIpc) is 4.00. The Balaban J connectivity index is 1.02. The van der Waals surface area contributed by atoms with Crippen molar-refractivity contribution in [1.29, 1.82) is 0 Å². The Kier molecular flexibility index (Phi) is 10.2. The van der Waals surface area contributed by atoms with Gasteiger partial charge >= 0.3 is 0 Å². The van der Waals surface area contributed by atoms with E-state index in [0.29, 0.717) is 17.5 Å². The van der Waals surface area contributed by atoms with Crippen molar-refractivity contribution in [3.8, 4) is 73.2 Å². The Hall–Kier alpha value is -9.19. The molecular weight excluding hydrogens is 853 g/mol. The largest absolute Gasteiger partial charge is 0.456 e. The third kappa shape index (κ3) is 7.24. The van der Waals surface area contributed by atoms with Gasteiger partial charge in [0.1, 0.15) is 11.2 Å². The molecular formula is C65H44N4O. The van der Waals surface area contributed by atoms with Crippen LogP contribution >= 0.6 is 0 Å². The van der Waals surface area contributed by atoms with Crippen LogP contribution in [0.3, 0.4) is 0 Å². The molecule has 5 nitrogen and oxygen atoms in total. The zero-order valence-electron chi connectivity index (χ0n) is 38.2. The van der Waals surface area contributed by atoms with E-state index in [2.05, 4.69) is 211 Å². The summed E-state index contributed by atoms with van der Waals surface area (Å²) in [5.41, 5.74) is 17.3. The molecule has 0 aliphatic carbocycles. The molecule has 3 aromatic heterocycles. The molecule has 0 saturated heterocycles. The predicted octanol–water partition coefficient (Wildman–Crippen LogP) is 16.7. The van der Waals surface area contributed by atoms with Crippen LogP contribution in [0, 0.1) is 0 Å². The number of para-hydroxylation sites is 2. The molecule has 0 unspecified atom stereocenters. The molecule has 0 atom stereocenters. The minimum absolute atomic E-state index is 0.629. The summed E-state index contributed by atoms with van der Waals surface area (Å²) in [6.45, 7) is 0. The number of rotatable bonds is 10. The lowest BCUT2D eigenvalue weighted by Gasteiger charge is -2.19. The number of nitrogens with zero attached hydrogens (tertiary/aromatic N) is 4. The summed E-state index contributed by atoms with van der Waals surface area (Å²) in [4.78, 5) is 15.8. The van der Waals surface area contributed by atoms with Crippen LogP contribution in [0.25, 0.3) is 117 Å². The summed E-state index contributed by atoms with van der Waals surface area (Å²) >= 11 is 0. The van der Waals surface area contributed by atoms with E-state index in [9.17, 15) is 0 Å². The van der Waals surface area contributed by atoms with Crippen molar-refractivity contribution >= 4 is 43.7 Å². The molecule has 70 heavy (non-hydrogen) atoms. The SMILES string of the molecule is c1ccc(-c2nc(-c3ccccc3)nc(-c3cc(-c4c(-c5ccccc5)cccc4-c4ccccc4)ccc3CCc3cccc4oc5ccc6c(c7ccccc7n6-c6ccccc6)c5c34)n2)cc1. The van der Waals surface area contributed by atoms with Gasteiger partial charge in [0.2, 0.25) is 0 Å². The predicted molar refractivity (Wildman–Crippen MR) is 288 cm³/mol. The molecule has 330 valence electrons. The second-order valence-electron chi connectivity index (χ2n) is 17.8. The monoisotopic (exact) mass is 896 g/mol. The van der Waals surface area contributed by atoms with E-state index >= 15 is 0 Å². The lowest BCUT2D eigenvalue weighted by molar-refractivity contribution is 0.669. The van der Waals surface area contributed by atoms with Crippen LogP contribution in [0.4, 0.5) is 0 Å². The molecule has 0 fully saturated rings. The normalized spacial score (nSPS) is 11.5. The van der Waals surface area contributed by atoms with Gasteiger partial charge in [-0.15, -0.1) is 0 Å².